The summed E-state index contributed by atoms with van der Waals surface area (Å²) in [4.78, 5) is 30.3. The Morgan fingerprint density at radius 3 is 2.50 bits per heavy atom. The van der Waals surface area contributed by atoms with Crippen LogP contribution in [0.1, 0.15) is 16.1 Å². The van der Waals surface area contributed by atoms with Gasteiger partial charge in [-0.3, -0.25) is 4.79 Å². The minimum atomic E-state index is -0.651. The van der Waals surface area contributed by atoms with E-state index in [1.54, 1.807) is 19.2 Å². The van der Waals surface area contributed by atoms with Gasteiger partial charge in [0.15, 0.2) is 0 Å². The quantitative estimate of drug-likeness (QED) is 0.738. The number of amides is 1. The smallest absolute Gasteiger partial charge is 0.346 e. The average Bonchev–Trinajstić information content (AvgIpc) is 2.66. The van der Waals surface area contributed by atoms with E-state index < -0.39 is 17.4 Å². The van der Waals surface area contributed by atoms with E-state index in [1.807, 2.05) is 12.1 Å². The van der Waals surface area contributed by atoms with Gasteiger partial charge in [-0.2, -0.15) is 4.98 Å². The number of nitrogens with zero attached hydrogens (tertiary/aromatic N) is 1. The standard InChI is InChI=1S/C19H16FN3O3/c1-26-15-8-2-12(3-9-15)11-21-18(24)17-10-16(22-19(25)23-17)13-4-6-14(20)7-5-13/h2-10H,11H2,1H3,(H,21,24)(H,22,23,25). The Morgan fingerprint density at radius 2 is 1.85 bits per heavy atom. The van der Waals surface area contributed by atoms with Gasteiger partial charge in [0, 0.05) is 12.1 Å². The molecule has 1 heterocycles. The molecule has 0 radical (unpaired) electrons. The van der Waals surface area contributed by atoms with Crippen molar-refractivity contribution in [1.29, 1.82) is 0 Å². The highest BCUT2D eigenvalue weighted by atomic mass is 19.1. The maximum Gasteiger partial charge on any atom is 0.346 e. The van der Waals surface area contributed by atoms with Gasteiger partial charge in [-0.1, -0.05) is 12.1 Å². The number of carbonyl (C=O) groups is 1. The molecule has 0 spiro atoms. The Hall–Kier alpha value is -3.48. The number of H-pyrrole nitrogens is 1. The minimum Gasteiger partial charge on any atom is -0.497 e. The van der Waals surface area contributed by atoms with Crippen LogP contribution in [0.15, 0.2) is 59.4 Å². The van der Waals surface area contributed by atoms with E-state index in [4.69, 9.17) is 4.74 Å². The molecule has 0 aliphatic rings. The van der Waals surface area contributed by atoms with Crippen molar-refractivity contribution in [1.82, 2.24) is 15.3 Å². The van der Waals surface area contributed by atoms with Crippen LogP contribution in [0.2, 0.25) is 0 Å². The number of aromatic amines is 1. The van der Waals surface area contributed by atoms with E-state index in [-0.39, 0.29) is 5.69 Å². The van der Waals surface area contributed by atoms with Crippen molar-refractivity contribution in [3.05, 3.63) is 82.2 Å². The lowest BCUT2D eigenvalue weighted by molar-refractivity contribution is 0.0945. The van der Waals surface area contributed by atoms with Crippen LogP contribution in [0.4, 0.5) is 4.39 Å². The first-order valence-electron chi connectivity index (χ1n) is 7.83. The first-order chi connectivity index (χ1) is 12.5. The molecule has 7 heteroatoms. The van der Waals surface area contributed by atoms with E-state index in [2.05, 4.69) is 15.3 Å². The van der Waals surface area contributed by atoms with Gasteiger partial charge in [0.25, 0.3) is 5.91 Å². The van der Waals surface area contributed by atoms with Crippen LogP contribution in [0.3, 0.4) is 0 Å². The second-order valence-electron chi connectivity index (χ2n) is 5.52. The van der Waals surface area contributed by atoms with Crippen LogP contribution in [0.5, 0.6) is 5.75 Å². The maximum absolute atomic E-state index is 13.0. The van der Waals surface area contributed by atoms with Crippen molar-refractivity contribution >= 4 is 5.91 Å². The first-order valence-corrected chi connectivity index (χ1v) is 7.83. The van der Waals surface area contributed by atoms with Crippen molar-refractivity contribution in [2.24, 2.45) is 0 Å². The summed E-state index contributed by atoms with van der Waals surface area (Å²) < 4.78 is 18.1. The van der Waals surface area contributed by atoms with E-state index in [0.29, 0.717) is 17.8 Å². The molecular weight excluding hydrogens is 337 g/mol. The van der Waals surface area contributed by atoms with Gasteiger partial charge < -0.3 is 15.0 Å². The summed E-state index contributed by atoms with van der Waals surface area (Å²) in [5.41, 5.74) is 1.15. The first kappa shape index (κ1) is 17.3. The molecule has 3 aromatic rings. The fourth-order valence-corrected chi connectivity index (χ4v) is 2.37. The predicted octanol–water partition coefficient (Wildman–Crippen LogP) is 2.51. The van der Waals surface area contributed by atoms with E-state index in [1.165, 1.54) is 30.3 Å². The van der Waals surface area contributed by atoms with Gasteiger partial charge in [-0.05, 0) is 48.0 Å². The second-order valence-corrected chi connectivity index (χ2v) is 5.52. The van der Waals surface area contributed by atoms with Crippen molar-refractivity contribution in [2.75, 3.05) is 7.11 Å². The third-order valence-electron chi connectivity index (χ3n) is 3.74. The normalized spacial score (nSPS) is 10.4. The average molecular weight is 353 g/mol. The summed E-state index contributed by atoms with van der Waals surface area (Å²) in [6.07, 6.45) is 0. The highest BCUT2D eigenvalue weighted by Gasteiger charge is 2.11. The Bertz CT molecular complexity index is 967. The lowest BCUT2D eigenvalue weighted by Crippen LogP contribution is -2.27. The molecule has 0 aliphatic carbocycles. The molecule has 0 saturated carbocycles. The van der Waals surface area contributed by atoms with E-state index >= 15 is 0 Å². The molecule has 6 nitrogen and oxygen atoms in total. The number of aromatic nitrogens is 2. The molecule has 0 unspecified atom stereocenters. The minimum absolute atomic E-state index is 0.0813. The number of nitrogens with one attached hydrogen (secondary N) is 2. The summed E-state index contributed by atoms with van der Waals surface area (Å²) in [7, 11) is 1.58. The number of carbonyl (C=O) groups excluding carboxylic acids is 1. The zero-order chi connectivity index (χ0) is 18.5. The Labute approximate surface area is 148 Å². The molecule has 0 fully saturated rings. The van der Waals surface area contributed by atoms with Gasteiger partial charge in [0.1, 0.15) is 17.3 Å². The molecule has 2 N–H and O–H groups in total. The molecule has 1 aromatic heterocycles. The van der Waals surface area contributed by atoms with Crippen LogP contribution in [0.25, 0.3) is 11.3 Å². The van der Waals surface area contributed by atoms with Crippen molar-refractivity contribution in [2.45, 2.75) is 6.54 Å². The number of rotatable bonds is 5. The fraction of sp³-hybridized carbons (Fsp3) is 0.105. The molecule has 132 valence electrons. The summed E-state index contributed by atoms with van der Waals surface area (Å²) in [5.74, 6) is -0.109. The van der Waals surface area contributed by atoms with Gasteiger partial charge in [0.2, 0.25) is 0 Å². The monoisotopic (exact) mass is 353 g/mol. The number of hydrogen-bond donors (Lipinski definition) is 2. The third kappa shape index (κ3) is 4.13. The molecule has 26 heavy (non-hydrogen) atoms. The number of methoxy groups -OCH3 is 1. The molecular formula is C19H16FN3O3. The summed E-state index contributed by atoms with van der Waals surface area (Å²) in [6, 6.07) is 14.2. The van der Waals surface area contributed by atoms with E-state index in [0.717, 1.165) is 11.3 Å². The summed E-state index contributed by atoms with van der Waals surface area (Å²) >= 11 is 0. The number of ether oxygens (including phenoxy) is 1. The van der Waals surface area contributed by atoms with Crippen LogP contribution in [0, 0.1) is 5.82 Å². The fourth-order valence-electron chi connectivity index (χ4n) is 2.37. The Morgan fingerprint density at radius 1 is 1.15 bits per heavy atom. The third-order valence-corrected chi connectivity index (χ3v) is 3.74. The van der Waals surface area contributed by atoms with Gasteiger partial charge in [0.05, 0.1) is 12.8 Å². The Kier molecular flexibility index (Phi) is 5.07. The van der Waals surface area contributed by atoms with Crippen LogP contribution < -0.4 is 15.7 Å². The molecule has 3 rings (SSSR count). The highest BCUT2D eigenvalue weighted by molar-refractivity contribution is 5.93. The van der Waals surface area contributed by atoms with Gasteiger partial charge in [-0.25, -0.2) is 9.18 Å². The molecule has 0 saturated heterocycles. The van der Waals surface area contributed by atoms with E-state index in [9.17, 15) is 14.0 Å². The predicted molar refractivity (Wildman–Crippen MR) is 94.4 cm³/mol. The summed E-state index contributed by atoms with van der Waals surface area (Å²) in [5, 5.41) is 2.73. The molecule has 0 atom stereocenters. The van der Waals surface area contributed by atoms with Crippen molar-refractivity contribution < 1.29 is 13.9 Å². The largest absolute Gasteiger partial charge is 0.497 e. The topological polar surface area (TPSA) is 84.1 Å². The molecule has 0 bridgehead atoms. The SMILES string of the molecule is COc1ccc(CNC(=O)c2cc(-c3ccc(F)cc3)nc(=O)[nH]2)cc1. The highest BCUT2D eigenvalue weighted by Crippen LogP contribution is 2.16. The van der Waals surface area contributed by atoms with Crippen LogP contribution in [-0.4, -0.2) is 23.0 Å². The van der Waals surface area contributed by atoms with Gasteiger partial charge in [-0.15, -0.1) is 0 Å². The lowest BCUT2D eigenvalue weighted by atomic mass is 10.1. The summed E-state index contributed by atoms with van der Waals surface area (Å²) in [6.45, 7) is 0.291. The molecule has 0 aliphatic heterocycles. The number of benzene rings is 2. The number of halogens is 1. The van der Waals surface area contributed by atoms with Crippen molar-refractivity contribution in [3.63, 3.8) is 0 Å². The second kappa shape index (κ2) is 7.60. The Balaban J connectivity index is 1.76. The molecule has 2 aromatic carbocycles. The zero-order valence-electron chi connectivity index (χ0n) is 14.0. The number of hydrogen-bond acceptors (Lipinski definition) is 4. The van der Waals surface area contributed by atoms with Crippen LogP contribution in [-0.2, 0) is 6.54 Å². The van der Waals surface area contributed by atoms with Crippen LogP contribution >= 0.6 is 0 Å². The zero-order valence-corrected chi connectivity index (χ0v) is 14.0. The van der Waals surface area contributed by atoms with Gasteiger partial charge >= 0.3 is 5.69 Å². The lowest BCUT2D eigenvalue weighted by Gasteiger charge is -2.07. The molecule has 1 amide bonds. The maximum atomic E-state index is 13.0. The van der Waals surface area contributed by atoms with Crippen molar-refractivity contribution in [3.8, 4) is 17.0 Å².